The highest BCUT2D eigenvalue weighted by atomic mass is 19.4. The van der Waals surface area contributed by atoms with Gasteiger partial charge in [0.25, 0.3) is 5.91 Å². The van der Waals surface area contributed by atoms with Gasteiger partial charge < -0.3 is 26.9 Å². The molecular formula is C27H33F3N4O3. The molecular weight excluding hydrogens is 485 g/mol. The van der Waals surface area contributed by atoms with E-state index >= 15 is 0 Å². The Morgan fingerprint density at radius 1 is 1.16 bits per heavy atom. The van der Waals surface area contributed by atoms with Crippen LogP contribution in [-0.4, -0.2) is 35.2 Å². The van der Waals surface area contributed by atoms with Gasteiger partial charge in [-0.05, 0) is 67.9 Å². The van der Waals surface area contributed by atoms with Crippen molar-refractivity contribution in [2.75, 3.05) is 6.54 Å². The molecule has 0 spiro atoms. The Balaban J connectivity index is 1.43. The van der Waals surface area contributed by atoms with Gasteiger partial charge in [0, 0.05) is 30.3 Å². The summed E-state index contributed by atoms with van der Waals surface area (Å²) in [6.07, 6.45) is -1.87. The lowest BCUT2D eigenvalue weighted by Crippen LogP contribution is -2.42. The van der Waals surface area contributed by atoms with Crippen LogP contribution < -0.4 is 16.4 Å². The molecule has 3 rings (SSSR count). The van der Waals surface area contributed by atoms with Gasteiger partial charge >= 0.3 is 6.18 Å². The average molecular weight is 519 g/mol. The van der Waals surface area contributed by atoms with Crippen molar-refractivity contribution in [1.29, 1.82) is 5.41 Å². The number of hydrogen-bond acceptors (Lipinski definition) is 5. The second-order valence-corrected chi connectivity index (χ2v) is 9.67. The third-order valence-corrected chi connectivity index (χ3v) is 6.83. The lowest BCUT2D eigenvalue weighted by molar-refractivity contribution is -0.137. The van der Waals surface area contributed by atoms with Crippen LogP contribution in [0.1, 0.15) is 66.1 Å². The number of nitrogens with two attached hydrogens (primary N) is 1. The summed E-state index contributed by atoms with van der Waals surface area (Å²) in [7, 11) is 0. The van der Waals surface area contributed by atoms with Crippen LogP contribution in [-0.2, 0) is 23.1 Å². The Hall–Kier alpha value is -3.24. The second kappa shape index (κ2) is 11.9. The summed E-state index contributed by atoms with van der Waals surface area (Å²) < 4.78 is 38.5. The Labute approximate surface area is 214 Å². The van der Waals surface area contributed by atoms with E-state index in [-0.39, 0.29) is 17.5 Å². The first-order valence-electron chi connectivity index (χ1n) is 12.3. The van der Waals surface area contributed by atoms with Crippen molar-refractivity contribution in [3.05, 3.63) is 70.8 Å². The molecule has 1 saturated carbocycles. The highest BCUT2D eigenvalue weighted by Crippen LogP contribution is 2.40. The number of rotatable bonds is 9. The number of hydrogen-bond donors (Lipinski definition) is 5. The van der Waals surface area contributed by atoms with Crippen LogP contribution in [0.2, 0.25) is 0 Å². The molecule has 0 aliphatic heterocycles. The predicted octanol–water partition coefficient (Wildman–Crippen LogP) is 3.89. The van der Waals surface area contributed by atoms with Crippen LogP contribution in [0, 0.1) is 11.3 Å². The van der Waals surface area contributed by atoms with Crippen molar-refractivity contribution in [3.8, 4) is 0 Å². The minimum atomic E-state index is -4.57. The number of aliphatic hydroxyl groups is 1. The van der Waals surface area contributed by atoms with Crippen molar-refractivity contribution in [3.63, 3.8) is 0 Å². The zero-order valence-corrected chi connectivity index (χ0v) is 20.7. The maximum absolute atomic E-state index is 12.8. The lowest BCUT2D eigenvalue weighted by atomic mass is 9.73. The number of carbonyl (C=O) groups excluding carboxylic acids is 2. The third kappa shape index (κ3) is 7.62. The van der Waals surface area contributed by atoms with Gasteiger partial charge in [-0.1, -0.05) is 30.3 Å². The van der Waals surface area contributed by atoms with Crippen LogP contribution in [0.25, 0.3) is 0 Å². The number of halogens is 3. The topological polar surface area (TPSA) is 128 Å². The van der Waals surface area contributed by atoms with Crippen molar-refractivity contribution >= 4 is 17.5 Å². The second-order valence-electron chi connectivity index (χ2n) is 9.67. The molecule has 0 aromatic heterocycles. The van der Waals surface area contributed by atoms with Crippen LogP contribution in [0.5, 0.6) is 0 Å². The van der Waals surface area contributed by atoms with Gasteiger partial charge in [-0.15, -0.1) is 0 Å². The first kappa shape index (κ1) is 28.3. The van der Waals surface area contributed by atoms with Gasteiger partial charge in [-0.3, -0.25) is 9.59 Å². The van der Waals surface area contributed by atoms with Crippen LogP contribution in [0.15, 0.2) is 48.5 Å². The summed E-state index contributed by atoms with van der Waals surface area (Å²) in [5, 5.41) is 24.6. The minimum absolute atomic E-state index is 0.00329. The fourth-order valence-corrected chi connectivity index (χ4v) is 4.66. The molecule has 1 aliphatic carbocycles. The molecule has 0 saturated heterocycles. The molecule has 1 aliphatic rings. The molecule has 0 bridgehead atoms. The Kier molecular flexibility index (Phi) is 9.09. The van der Waals surface area contributed by atoms with Crippen LogP contribution >= 0.6 is 0 Å². The Bertz CT molecular complexity index is 1110. The van der Waals surface area contributed by atoms with E-state index in [0.29, 0.717) is 44.4 Å². The fraction of sp³-hybridized carbons (Fsp3) is 0.444. The first-order valence-corrected chi connectivity index (χ1v) is 12.3. The smallest absolute Gasteiger partial charge is 0.385 e. The number of alkyl halides is 3. The molecule has 2 aromatic carbocycles. The van der Waals surface area contributed by atoms with E-state index < -0.39 is 35.7 Å². The zero-order chi connectivity index (χ0) is 27.2. The maximum Gasteiger partial charge on any atom is 0.416 e. The summed E-state index contributed by atoms with van der Waals surface area (Å²) in [5.74, 6) is -1.28. The van der Waals surface area contributed by atoms with E-state index in [4.69, 9.17) is 11.1 Å². The highest BCUT2D eigenvalue weighted by Gasteiger charge is 2.36. The van der Waals surface area contributed by atoms with Crippen LogP contribution in [0.3, 0.4) is 0 Å². The zero-order valence-electron chi connectivity index (χ0n) is 20.7. The quantitative estimate of drug-likeness (QED) is 0.323. The molecule has 10 heteroatoms. The lowest BCUT2D eigenvalue weighted by Gasteiger charge is -2.37. The maximum atomic E-state index is 12.8. The molecule has 7 nitrogen and oxygen atoms in total. The molecule has 2 aromatic rings. The molecule has 200 valence electrons. The Morgan fingerprint density at radius 2 is 1.81 bits per heavy atom. The van der Waals surface area contributed by atoms with Gasteiger partial charge in [0.1, 0.15) is 0 Å². The third-order valence-electron chi connectivity index (χ3n) is 6.83. The van der Waals surface area contributed by atoms with E-state index in [1.165, 1.54) is 6.07 Å². The van der Waals surface area contributed by atoms with E-state index in [0.717, 1.165) is 29.3 Å². The molecule has 0 radical (unpaired) electrons. The minimum Gasteiger partial charge on any atom is -0.385 e. The van der Waals surface area contributed by atoms with E-state index in [2.05, 4.69) is 10.6 Å². The summed E-state index contributed by atoms with van der Waals surface area (Å²) in [6.45, 7) is 1.79. The summed E-state index contributed by atoms with van der Waals surface area (Å²) in [6, 6.07) is 11.2. The summed E-state index contributed by atoms with van der Waals surface area (Å²) in [4.78, 5) is 24.4. The number of nitrogens with one attached hydrogen (secondary N) is 3. The fourth-order valence-electron chi connectivity index (χ4n) is 4.66. The molecule has 0 heterocycles. The van der Waals surface area contributed by atoms with E-state index in [1.54, 1.807) is 6.92 Å². The molecule has 6 N–H and O–H groups in total. The van der Waals surface area contributed by atoms with Crippen molar-refractivity contribution < 1.29 is 27.9 Å². The van der Waals surface area contributed by atoms with Crippen molar-refractivity contribution in [1.82, 2.24) is 10.6 Å². The normalized spacial score (nSPS) is 20.6. The monoisotopic (exact) mass is 518 g/mol. The summed E-state index contributed by atoms with van der Waals surface area (Å²) >= 11 is 0. The van der Waals surface area contributed by atoms with Gasteiger partial charge in [0.2, 0.25) is 5.91 Å². The van der Waals surface area contributed by atoms with Gasteiger partial charge in [0.15, 0.2) is 0 Å². The van der Waals surface area contributed by atoms with Gasteiger partial charge in [0.05, 0.1) is 17.7 Å². The largest absolute Gasteiger partial charge is 0.416 e. The standard InChI is InChI=1S/C27H33F3N4O3/c1-17(34-24(35)16-33-25(36)20-3-2-4-22(14-20)27(28,29)30)13-23(32)19-9-11-26(37,12-10-19)21-7-5-18(15-31)6-8-21/h2-8,14,17,19,32,37H,9-13,15-16,31H2,1H3,(H,33,36)(H,34,35)/t17-,19?,26?/m1/s1. The average Bonchev–Trinajstić information content (AvgIpc) is 2.87. The molecule has 1 fully saturated rings. The highest BCUT2D eigenvalue weighted by molar-refractivity contribution is 5.96. The number of carbonyl (C=O) groups is 2. The predicted molar refractivity (Wildman–Crippen MR) is 134 cm³/mol. The van der Waals surface area contributed by atoms with Gasteiger partial charge in [-0.25, -0.2) is 0 Å². The van der Waals surface area contributed by atoms with Crippen LogP contribution in [0.4, 0.5) is 13.2 Å². The molecule has 2 amide bonds. The van der Waals surface area contributed by atoms with Crippen molar-refractivity contribution in [2.45, 2.75) is 63.4 Å². The van der Waals surface area contributed by atoms with E-state index in [9.17, 15) is 27.9 Å². The Morgan fingerprint density at radius 3 is 2.41 bits per heavy atom. The SMILES string of the molecule is C[C@H](CC(=N)C1CCC(O)(c2ccc(CN)cc2)CC1)NC(=O)CNC(=O)c1cccc(C(F)(F)F)c1. The number of benzene rings is 2. The first-order chi connectivity index (χ1) is 17.4. The van der Waals surface area contributed by atoms with E-state index in [1.807, 2.05) is 24.3 Å². The number of amides is 2. The molecule has 1 atom stereocenters. The molecule has 0 unspecified atom stereocenters. The molecule has 37 heavy (non-hydrogen) atoms. The van der Waals surface area contributed by atoms with Gasteiger partial charge in [-0.2, -0.15) is 13.2 Å². The van der Waals surface area contributed by atoms with Crippen molar-refractivity contribution in [2.24, 2.45) is 11.7 Å². The summed E-state index contributed by atoms with van der Waals surface area (Å²) in [5.41, 5.74) is 5.91.